The third kappa shape index (κ3) is 6.11. The Bertz CT molecular complexity index is 1160. The maximum Gasteiger partial charge on any atom is 0.337 e. The van der Waals surface area contributed by atoms with Gasteiger partial charge in [0.1, 0.15) is 0 Å². The molecular weight excluding hydrogens is 450 g/mol. The molecule has 3 rings (SSSR count). The van der Waals surface area contributed by atoms with Crippen molar-refractivity contribution in [2.75, 3.05) is 26.1 Å². The predicted molar refractivity (Wildman–Crippen MR) is 131 cm³/mol. The summed E-state index contributed by atoms with van der Waals surface area (Å²) in [6.07, 6.45) is 1.26. The van der Waals surface area contributed by atoms with Crippen LogP contribution in [0.5, 0.6) is 11.5 Å². The van der Waals surface area contributed by atoms with Crippen molar-refractivity contribution in [3.63, 3.8) is 0 Å². The predicted octanol–water partition coefficient (Wildman–Crippen LogP) is 3.91. The van der Waals surface area contributed by atoms with E-state index in [0.29, 0.717) is 34.8 Å². The van der Waals surface area contributed by atoms with Crippen LogP contribution in [0.15, 0.2) is 47.7 Å². The SMILES string of the molecule is CCCC1=C(C(=O)OC)C(c2ccc(OCC(=O)Nc3ccc(C)cc3C)c(OC)c2)NC(=O)N1. The fourth-order valence-corrected chi connectivity index (χ4v) is 3.93. The Morgan fingerprint density at radius 2 is 1.83 bits per heavy atom. The maximum absolute atomic E-state index is 12.6. The van der Waals surface area contributed by atoms with Gasteiger partial charge in [-0.3, -0.25) is 4.79 Å². The number of benzene rings is 2. The van der Waals surface area contributed by atoms with Gasteiger partial charge in [-0.1, -0.05) is 37.1 Å². The lowest BCUT2D eigenvalue weighted by Crippen LogP contribution is -2.45. The number of carbonyl (C=O) groups excluding carboxylic acids is 3. The Morgan fingerprint density at radius 3 is 2.49 bits per heavy atom. The number of amides is 3. The number of hydrogen-bond acceptors (Lipinski definition) is 6. The van der Waals surface area contributed by atoms with Crippen molar-refractivity contribution in [1.29, 1.82) is 0 Å². The highest BCUT2D eigenvalue weighted by Crippen LogP contribution is 2.35. The van der Waals surface area contributed by atoms with Gasteiger partial charge >= 0.3 is 12.0 Å². The van der Waals surface area contributed by atoms with Crippen LogP contribution in [0.3, 0.4) is 0 Å². The summed E-state index contributed by atoms with van der Waals surface area (Å²) in [7, 11) is 2.77. The molecule has 186 valence electrons. The lowest BCUT2D eigenvalue weighted by atomic mass is 9.93. The molecule has 0 aliphatic carbocycles. The van der Waals surface area contributed by atoms with Gasteiger partial charge in [0.15, 0.2) is 18.1 Å². The molecule has 0 saturated heterocycles. The highest BCUT2D eigenvalue weighted by Gasteiger charge is 2.33. The number of hydrogen-bond donors (Lipinski definition) is 3. The largest absolute Gasteiger partial charge is 0.493 e. The van der Waals surface area contributed by atoms with Crippen molar-refractivity contribution in [3.05, 3.63) is 64.4 Å². The van der Waals surface area contributed by atoms with Crippen molar-refractivity contribution >= 4 is 23.6 Å². The van der Waals surface area contributed by atoms with Crippen molar-refractivity contribution in [3.8, 4) is 11.5 Å². The first-order valence-corrected chi connectivity index (χ1v) is 11.3. The summed E-state index contributed by atoms with van der Waals surface area (Å²) in [6, 6.07) is 9.64. The summed E-state index contributed by atoms with van der Waals surface area (Å²) >= 11 is 0. The van der Waals surface area contributed by atoms with Crippen LogP contribution in [-0.4, -0.2) is 38.7 Å². The van der Waals surface area contributed by atoms with Crippen molar-refractivity contribution in [1.82, 2.24) is 10.6 Å². The first-order chi connectivity index (χ1) is 16.8. The van der Waals surface area contributed by atoms with E-state index in [1.807, 2.05) is 39.0 Å². The van der Waals surface area contributed by atoms with Gasteiger partial charge in [0.05, 0.1) is 25.8 Å². The molecule has 0 saturated carbocycles. The molecule has 0 radical (unpaired) electrons. The Labute approximate surface area is 204 Å². The summed E-state index contributed by atoms with van der Waals surface area (Å²) in [5.74, 6) is -0.136. The van der Waals surface area contributed by atoms with Gasteiger partial charge in [0.2, 0.25) is 0 Å². The number of nitrogens with one attached hydrogen (secondary N) is 3. The van der Waals surface area contributed by atoms with Gasteiger partial charge in [-0.25, -0.2) is 9.59 Å². The molecule has 2 aromatic rings. The van der Waals surface area contributed by atoms with Crippen LogP contribution in [0, 0.1) is 13.8 Å². The number of allylic oxidation sites excluding steroid dienone is 1. The van der Waals surface area contributed by atoms with Crippen LogP contribution in [0.2, 0.25) is 0 Å². The summed E-state index contributed by atoms with van der Waals surface area (Å²) < 4.78 is 16.1. The average Bonchev–Trinajstić information content (AvgIpc) is 2.83. The van der Waals surface area contributed by atoms with E-state index in [0.717, 1.165) is 23.2 Å². The summed E-state index contributed by atoms with van der Waals surface area (Å²) in [5, 5.41) is 8.32. The van der Waals surface area contributed by atoms with Gasteiger partial charge in [-0.15, -0.1) is 0 Å². The fourth-order valence-electron chi connectivity index (χ4n) is 3.93. The topological polar surface area (TPSA) is 115 Å². The summed E-state index contributed by atoms with van der Waals surface area (Å²) in [4.78, 5) is 37.3. The van der Waals surface area contributed by atoms with E-state index in [1.54, 1.807) is 18.2 Å². The lowest BCUT2D eigenvalue weighted by Gasteiger charge is -2.29. The lowest BCUT2D eigenvalue weighted by molar-refractivity contribution is -0.136. The number of methoxy groups -OCH3 is 2. The molecule has 0 aromatic heterocycles. The number of urea groups is 1. The normalized spacial score (nSPS) is 15.1. The highest BCUT2D eigenvalue weighted by molar-refractivity contribution is 5.95. The molecule has 1 aliphatic heterocycles. The molecule has 1 unspecified atom stereocenters. The minimum Gasteiger partial charge on any atom is -0.493 e. The summed E-state index contributed by atoms with van der Waals surface area (Å²) in [5.41, 5.74) is 4.25. The number of aryl methyl sites for hydroxylation is 2. The molecule has 1 heterocycles. The van der Waals surface area contributed by atoms with Crippen LogP contribution < -0.4 is 25.4 Å². The van der Waals surface area contributed by atoms with Crippen molar-refractivity contribution < 1.29 is 28.6 Å². The zero-order valence-electron chi connectivity index (χ0n) is 20.6. The van der Waals surface area contributed by atoms with Crippen LogP contribution in [0.25, 0.3) is 0 Å². The second-order valence-electron chi connectivity index (χ2n) is 8.23. The molecule has 2 aromatic carbocycles. The highest BCUT2D eigenvalue weighted by atomic mass is 16.5. The van der Waals surface area contributed by atoms with Gasteiger partial charge in [-0.2, -0.15) is 0 Å². The minimum absolute atomic E-state index is 0.221. The van der Waals surface area contributed by atoms with E-state index in [4.69, 9.17) is 14.2 Å². The molecule has 1 aliphatic rings. The third-order valence-electron chi connectivity index (χ3n) is 5.59. The zero-order valence-corrected chi connectivity index (χ0v) is 20.6. The minimum atomic E-state index is -0.728. The van der Waals surface area contributed by atoms with Crippen LogP contribution in [0.4, 0.5) is 10.5 Å². The Hall–Kier alpha value is -4.01. The zero-order chi connectivity index (χ0) is 25.5. The molecule has 0 bridgehead atoms. The Kier molecular flexibility index (Phi) is 8.35. The molecule has 0 fully saturated rings. The first-order valence-electron chi connectivity index (χ1n) is 11.3. The second-order valence-corrected chi connectivity index (χ2v) is 8.23. The maximum atomic E-state index is 12.6. The second kappa shape index (κ2) is 11.4. The Morgan fingerprint density at radius 1 is 1.06 bits per heavy atom. The molecule has 3 N–H and O–H groups in total. The van der Waals surface area contributed by atoms with Crippen molar-refractivity contribution in [2.24, 2.45) is 0 Å². The number of carbonyl (C=O) groups is 3. The van der Waals surface area contributed by atoms with Crippen LogP contribution in [0.1, 0.15) is 42.5 Å². The average molecular weight is 482 g/mol. The van der Waals surface area contributed by atoms with E-state index in [-0.39, 0.29) is 12.5 Å². The molecule has 0 spiro atoms. The van der Waals surface area contributed by atoms with Crippen LogP contribution >= 0.6 is 0 Å². The number of ether oxygens (including phenoxy) is 3. The molecule has 3 amide bonds. The molecule has 35 heavy (non-hydrogen) atoms. The third-order valence-corrected chi connectivity index (χ3v) is 5.59. The van der Waals surface area contributed by atoms with Crippen molar-refractivity contribution in [2.45, 2.75) is 39.7 Å². The smallest absolute Gasteiger partial charge is 0.337 e. The Balaban J connectivity index is 1.80. The quantitative estimate of drug-likeness (QED) is 0.468. The van der Waals surface area contributed by atoms with Gasteiger partial charge in [0.25, 0.3) is 5.91 Å². The van der Waals surface area contributed by atoms with Gasteiger partial charge in [0, 0.05) is 11.4 Å². The van der Waals surface area contributed by atoms with E-state index in [1.165, 1.54) is 14.2 Å². The molecule has 9 nitrogen and oxygen atoms in total. The van der Waals surface area contributed by atoms with E-state index >= 15 is 0 Å². The monoisotopic (exact) mass is 481 g/mol. The number of rotatable bonds is 9. The van der Waals surface area contributed by atoms with E-state index < -0.39 is 18.0 Å². The first kappa shape index (κ1) is 25.6. The van der Waals surface area contributed by atoms with Gasteiger partial charge < -0.3 is 30.2 Å². The van der Waals surface area contributed by atoms with Gasteiger partial charge in [-0.05, 0) is 49.6 Å². The van der Waals surface area contributed by atoms with E-state index in [9.17, 15) is 14.4 Å². The summed E-state index contributed by atoms with van der Waals surface area (Å²) in [6.45, 7) is 5.65. The number of anilines is 1. The number of esters is 1. The molecular formula is C26H31N3O6. The molecule has 1 atom stereocenters. The molecule has 9 heteroatoms. The fraction of sp³-hybridized carbons (Fsp3) is 0.346. The standard InChI is InChI=1S/C26H31N3O6/c1-6-7-19-23(25(31)34-5)24(29-26(32)28-19)17-9-11-20(21(13-17)33-4)35-14-22(30)27-18-10-8-15(2)12-16(18)3/h8-13,24H,6-7,14H2,1-5H3,(H,27,30)(H2,28,29,32). The van der Waals surface area contributed by atoms with Crippen LogP contribution in [-0.2, 0) is 14.3 Å². The van der Waals surface area contributed by atoms with E-state index in [2.05, 4.69) is 16.0 Å².